The van der Waals surface area contributed by atoms with E-state index in [4.69, 9.17) is 11.6 Å². The van der Waals surface area contributed by atoms with Gasteiger partial charge in [0.1, 0.15) is 0 Å². The van der Waals surface area contributed by atoms with Gasteiger partial charge in [-0.2, -0.15) is 0 Å². The number of nitrogens with zero attached hydrogens (tertiary/aromatic N) is 1. The van der Waals surface area contributed by atoms with E-state index in [0.717, 1.165) is 28.5 Å². The molecule has 0 saturated carbocycles. The number of carbonyl (C=O) groups is 1. The number of halogens is 1. The number of hydrogen-bond donors (Lipinski definition) is 0. The number of carbonyl (C=O) groups excluding carboxylic acids is 1. The van der Waals surface area contributed by atoms with Gasteiger partial charge >= 0.3 is 0 Å². The van der Waals surface area contributed by atoms with Gasteiger partial charge in [-0.15, -0.1) is 0 Å². The largest absolute Gasteiger partial charge is 0.314 e. The minimum Gasteiger partial charge on any atom is -0.314 e. The van der Waals surface area contributed by atoms with Crippen molar-refractivity contribution in [2.45, 2.75) is 6.92 Å². The molecule has 0 saturated heterocycles. The number of aldehydes is 1. The van der Waals surface area contributed by atoms with Crippen LogP contribution in [0, 0.1) is 6.92 Å². The molecule has 0 atom stereocenters. The maximum atomic E-state index is 11.4. The Balaban J connectivity index is 2.36. The maximum Gasteiger partial charge on any atom is 0.167 e. The molecule has 2 nitrogen and oxygen atoms in total. The van der Waals surface area contributed by atoms with Crippen molar-refractivity contribution >= 4 is 23.4 Å². The predicted octanol–water partition coefficient (Wildman–Crippen LogP) is 4.38. The van der Waals surface area contributed by atoms with Crippen LogP contribution in [-0.2, 0) is 0 Å². The average Bonchev–Trinajstić information content (AvgIpc) is 2.79. The van der Waals surface area contributed by atoms with E-state index in [2.05, 4.69) is 0 Å². The van der Waals surface area contributed by atoms with Crippen LogP contribution in [0.4, 0.5) is 0 Å². The highest BCUT2D eigenvalue weighted by Crippen LogP contribution is 2.33. The van der Waals surface area contributed by atoms with E-state index in [-0.39, 0.29) is 0 Å². The van der Waals surface area contributed by atoms with E-state index >= 15 is 0 Å². The van der Waals surface area contributed by atoms with Crippen molar-refractivity contribution in [1.29, 1.82) is 0 Å². The molecule has 0 aliphatic carbocycles. The molecule has 2 aromatic heterocycles. The first-order valence-corrected chi connectivity index (χ1v) is 6.40. The number of aryl methyl sites for hydroxylation is 1. The van der Waals surface area contributed by atoms with Crippen molar-refractivity contribution in [1.82, 2.24) is 4.40 Å². The maximum absolute atomic E-state index is 11.4. The van der Waals surface area contributed by atoms with Crippen LogP contribution in [-0.4, -0.2) is 10.7 Å². The second kappa shape index (κ2) is 4.56. The lowest BCUT2D eigenvalue weighted by Crippen LogP contribution is -1.92. The Morgan fingerprint density at radius 1 is 1.11 bits per heavy atom. The summed E-state index contributed by atoms with van der Waals surface area (Å²) in [5.41, 5.74) is 4.49. The number of fused-ring (bicyclic) bond motifs is 1. The summed E-state index contributed by atoms with van der Waals surface area (Å²) in [4.78, 5) is 11.4. The van der Waals surface area contributed by atoms with E-state index in [9.17, 15) is 4.79 Å². The third kappa shape index (κ3) is 1.94. The van der Waals surface area contributed by atoms with Crippen molar-refractivity contribution in [3.05, 3.63) is 64.9 Å². The van der Waals surface area contributed by atoms with Crippen LogP contribution in [0.1, 0.15) is 16.1 Å². The molecule has 94 valence electrons. The van der Waals surface area contributed by atoms with Gasteiger partial charge in [0.05, 0.1) is 5.69 Å². The Hall–Kier alpha value is -2.06. The number of rotatable bonds is 2. The third-order valence-corrected chi connectivity index (χ3v) is 3.57. The number of aromatic nitrogens is 1. The summed E-state index contributed by atoms with van der Waals surface area (Å²) in [6, 6.07) is 13.6. The van der Waals surface area contributed by atoms with Crippen LogP contribution in [0.3, 0.4) is 0 Å². The molecule has 3 aromatic rings. The molecular formula is C16H12ClNO. The fourth-order valence-corrected chi connectivity index (χ4v) is 2.55. The van der Waals surface area contributed by atoms with Crippen molar-refractivity contribution in [2.24, 2.45) is 0 Å². The first-order valence-electron chi connectivity index (χ1n) is 6.02. The van der Waals surface area contributed by atoms with Gasteiger partial charge in [0.15, 0.2) is 6.29 Å². The highest BCUT2D eigenvalue weighted by Gasteiger charge is 2.13. The van der Waals surface area contributed by atoms with Gasteiger partial charge in [0.25, 0.3) is 0 Å². The van der Waals surface area contributed by atoms with Crippen LogP contribution < -0.4 is 0 Å². The SMILES string of the molecule is Cc1ccc(Cl)c(-c2cc3ccccn3c2C=O)c1. The van der Waals surface area contributed by atoms with Gasteiger partial charge in [-0.1, -0.05) is 29.3 Å². The highest BCUT2D eigenvalue weighted by molar-refractivity contribution is 6.33. The van der Waals surface area contributed by atoms with Crippen molar-refractivity contribution in [3.8, 4) is 11.1 Å². The van der Waals surface area contributed by atoms with E-state index in [0.29, 0.717) is 10.7 Å². The molecule has 19 heavy (non-hydrogen) atoms. The minimum atomic E-state index is 0.628. The lowest BCUT2D eigenvalue weighted by atomic mass is 10.0. The molecule has 2 heterocycles. The normalized spacial score (nSPS) is 10.8. The van der Waals surface area contributed by atoms with Gasteiger partial charge < -0.3 is 4.40 Å². The topological polar surface area (TPSA) is 21.5 Å². The smallest absolute Gasteiger partial charge is 0.167 e. The Morgan fingerprint density at radius 3 is 2.74 bits per heavy atom. The van der Waals surface area contributed by atoms with E-state index < -0.39 is 0 Å². The lowest BCUT2D eigenvalue weighted by Gasteiger charge is -2.05. The Kier molecular flexibility index (Phi) is 2.88. The highest BCUT2D eigenvalue weighted by atomic mass is 35.5. The summed E-state index contributed by atoms with van der Waals surface area (Å²) in [5, 5.41) is 0.657. The van der Waals surface area contributed by atoms with Crippen LogP contribution in [0.25, 0.3) is 16.6 Å². The van der Waals surface area contributed by atoms with Gasteiger partial charge in [0.2, 0.25) is 0 Å². The Morgan fingerprint density at radius 2 is 1.95 bits per heavy atom. The second-order valence-corrected chi connectivity index (χ2v) is 4.95. The summed E-state index contributed by atoms with van der Waals surface area (Å²) < 4.78 is 1.88. The standard InChI is InChI=1S/C16H12ClNO/c1-11-5-6-15(17)13(8-11)14-9-12-4-2-3-7-18(12)16(14)10-19/h2-10H,1H3. The fraction of sp³-hybridized carbons (Fsp3) is 0.0625. The van der Waals surface area contributed by atoms with E-state index in [1.807, 2.05) is 60.0 Å². The summed E-state index contributed by atoms with van der Waals surface area (Å²) in [7, 11) is 0. The van der Waals surface area contributed by atoms with Crippen LogP contribution in [0.15, 0.2) is 48.7 Å². The molecule has 0 radical (unpaired) electrons. The molecule has 3 rings (SSSR count). The number of hydrogen-bond acceptors (Lipinski definition) is 1. The van der Waals surface area contributed by atoms with Gasteiger partial charge in [0, 0.05) is 27.9 Å². The average molecular weight is 270 g/mol. The Bertz CT molecular complexity index is 774. The molecule has 0 bridgehead atoms. The molecule has 0 fully saturated rings. The first kappa shape index (κ1) is 12.0. The van der Waals surface area contributed by atoms with Gasteiger partial charge in [-0.25, -0.2) is 0 Å². The van der Waals surface area contributed by atoms with Crippen molar-refractivity contribution < 1.29 is 4.79 Å². The monoisotopic (exact) mass is 269 g/mol. The van der Waals surface area contributed by atoms with Crippen molar-refractivity contribution in [3.63, 3.8) is 0 Å². The summed E-state index contributed by atoms with van der Waals surface area (Å²) >= 11 is 6.26. The molecule has 0 aliphatic heterocycles. The molecule has 0 aliphatic rings. The van der Waals surface area contributed by atoms with E-state index in [1.165, 1.54) is 0 Å². The lowest BCUT2D eigenvalue weighted by molar-refractivity contribution is 0.111. The van der Waals surface area contributed by atoms with Gasteiger partial charge in [-0.3, -0.25) is 4.79 Å². The second-order valence-electron chi connectivity index (χ2n) is 4.54. The zero-order valence-corrected chi connectivity index (χ0v) is 11.2. The fourth-order valence-electron chi connectivity index (χ4n) is 2.33. The molecular weight excluding hydrogens is 258 g/mol. The first-order chi connectivity index (χ1) is 9.20. The van der Waals surface area contributed by atoms with Crippen LogP contribution in [0.5, 0.6) is 0 Å². The van der Waals surface area contributed by atoms with Crippen molar-refractivity contribution in [2.75, 3.05) is 0 Å². The quantitative estimate of drug-likeness (QED) is 0.633. The molecule has 3 heteroatoms. The van der Waals surface area contributed by atoms with Crippen LogP contribution >= 0.6 is 11.6 Å². The van der Waals surface area contributed by atoms with Crippen LogP contribution in [0.2, 0.25) is 5.02 Å². The number of pyridine rings is 1. The predicted molar refractivity (Wildman–Crippen MR) is 78.0 cm³/mol. The van der Waals surface area contributed by atoms with E-state index in [1.54, 1.807) is 0 Å². The molecule has 0 unspecified atom stereocenters. The molecule has 1 aromatic carbocycles. The summed E-state index contributed by atoms with van der Waals surface area (Å²) in [6.07, 6.45) is 2.76. The molecule has 0 amide bonds. The summed E-state index contributed by atoms with van der Waals surface area (Å²) in [6.45, 7) is 2.01. The molecule has 0 N–H and O–H groups in total. The zero-order chi connectivity index (χ0) is 13.4. The minimum absolute atomic E-state index is 0.628. The molecule has 0 spiro atoms. The van der Waals surface area contributed by atoms with Gasteiger partial charge in [-0.05, 0) is 37.3 Å². The third-order valence-electron chi connectivity index (χ3n) is 3.24. The zero-order valence-electron chi connectivity index (χ0n) is 10.4. The number of benzene rings is 1. The Labute approximate surface area is 116 Å². The summed E-state index contributed by atoms with van der Waals surface area (Å²) in [5.74, 6) is 0.